The Labute approximate surface area is 119 Å². The quantitative estimate of drug-likeness (QED) is 0.887. The monoisotopic (exact) mass is 281 g/mol. The number of nitrogens with zero attached hydrogens (tertiary/aromatic N) is 1. The second-order valence-corrected chi connectivity index (χ2v) is 5.36. The van der Waals surface area contributed by atoms with Crippen molar-refractivity contribution in [2.75, 3.05) is 32.0 Å². The van der Waals surface area contributed by atoms with Crippen LogP contribution in [0.2, 0.25) is 5.02 Å². The summed E-state index contributed by atoms with van der Waals surface area (Å²) in [6.45, 7) is 2.35. The molecular formula is C14H20ClN3O. The van der Waals surface area contributed by atoms with E-state index in [0.29, 0.717) is 17.6 Å². The lowest BCUT2D eigenvalue weighted by atomic mass is 10.1. The predicted molar refractivity (Wildman–Crippen MR) is 78.6 cm³/mol. The summed E-state index contributed by atoms with van der Waals surface area (Å²) < 4.78 is 0. The van der Waals surface area contributed by atoms with Crippen molar-refractivity contribution in [3.05, 3.63) is 29.3 Å². The zero-order valence-corrected chi connectivity index (χ0v) is 11.9. The molecule has 2 rings (SSSR count). The van der Waals surface area contributed by atoms with Crippen LogP contribution in [-0.2, 0) is 4.79 Å². The van der Waals surface area contributed by atoms with E-state index in [-0.39, 0.29) is 5.91 Å². The second kappa shape index (κ2) is 6.89. The van der Waals surface area contributed by atoms with E-state index >= 15 is 0 Å². The summed E-state index contributed by atoms with van der Waals surface area (Å²) in [5.41, 5.74) is 0.750. The van der Waals surface area contributed by atoms with Crippen molar-refractivity contribution in [2.45, 2.75) is 18.9 Å². The van der Waals surface area contributed by atoms with Gasteiger partial charge in [0.1, 0.15) is 0 Å². The highest BCUT2D eigenvalue weighted by atomic mass is 35.5. The van der Waals surface area contributed by atoms with E-state index in [1.165, 1.54) is 6.42 Å². The lowest BCUT2D eigenvalue weighted by molar-refractivity contribution is -0.117. The zero-order valence-electron chi connectivity index (χ0n) is 11.2. The van der Waals surface area contributed by atoms with E-state index < -0.39 is 0 Å². The molecule has 1 aromatic carbocycles. The maximum Gasteiger partial charge on any atom is 0.238 e. The fourth-order valence-corrected chi connectivity index (χ4v) is 2.59. The Balaban J connectivity index is 1.84. The molecule has 0 saturated carbocycles. The summed E-state index contributed by atoms with van der Waals surface area (Å²) in [6, 6.07) is 7.71. The van der Waals surface area contributed by atoms with E-state index in [1.54, 1.807) is 12.1 Å². The Morgan fingerprint density at radius 2 is 2.37 bits per heavy atom. The van der Waals surface area contributed by atoms with Crippen LogP contribution >= 0.6 is 11.6 Å². The first-order chi connectivity index (χ1) is 9.17. The zero-order chi connectivity index (χ0) is 13.7. The van der Waals surface area contributed by atoms with Gasteiger partial charge in [-0.05, 0) is 44.6 Å². The maximum atomic E-state index is 12.0. The van der Waals surface area contributed by atoms with Crippen molar-refractivity contribution in [1.82, 2.24) is 10.2 Å². The number of rotatable bonds is 4. The topological polar surface area (TPSA) is 44.4 Å². The average Bonchev–Trinajstić information content (AvgIpc) is 2.38. The number of nitrogens with one attached hydrogen (secondary N) is 2. The van der Waals surface area contributed by atoms with Crippen LogP contribution in [0.4, 0.5) is 5.69 Å². The number of carbonyl (C=O) groups excluding carboxylic acids is 1. The molecule has 1 aliphatic rings. The van der Waals surface area contributed by atoms with Gasteiger partial charge in [-0.15, -0.1) is 0 Å². The lowest BCUT2D eigenvalue weighted by Gasteiger charge is -2.31. The van der Waals surface area contributed by atoms with Crippen LogP contribution in [0.15, 0.2) is 24.3 Å². The van der Waals surface area contributed by atoms with Crippen molar-refractivity contribution in [1.29, 1.82) is 0 Å². The van der Waals surface area contributed by atoms with Crippen molar-refractivity contribution in [3.63, 3.8) is 0 Å². The Morgan fingerprint density at radius 3 is 3.11 bits per heavy atom. The van der Waals surface area contributed by atoms with Crippen molar-refractivity contribution in [2.24, 2.45) is 0 Å². The molecule has 4 nitrogen and oxygen atoms in total. The molecule has 5 heteroatoms. The Bertz CT molecular complexity index is 438. The van der Waals surface area contributed by atoms with Gasteiger partial charge in [0, 0.05) is 23.3 Å². The van der Waals surface area contributed by atoms with Crippen molar-refractivity contribution < 1.29 is 4.79 Å². The highest BCUT2D eigenvalue weighted by Crippen LogP contribution is 2.15. The van der Waals surface area contributed by atoms with E-state index in [1.807, 2.05) is 19.2 Å². The third kappa shape index (κ3) is 4.49. The number of likely N-dealkylation sites (tertiary alicyclic amines) is 1. The van der Waals surface area contributed by atoms with Gasteiger partial charge in [0.25, 0.3) is 0 Å². The fraction of sp³-hybridized carbons (Fsp3) is 0.500. The molecular weight excluding hydrogens is 262 g/mol. The molecule has 19 heavy (non-hydrogen) atoms. The molecule has 1 saturated heterocycles. The molecule has 1 fully saturated rings. The van der Waals surface area contributed by atoms with Crippen LogP contribution in [0.25, 0.3) is 0 Å². The molecule has 1 aliphatic heterocycles. The highest BCUT2D eigenvalue weighted by molar-refractivity contribution is 6.30. The van der Waals surface area contributed by atoms with Crippen LogP contribution in [-0.4, -0.2) is 43.5 Å². The van der Waals surface area contributed by atoms with Gasteiger partial charge in [-0.2, -0.15) is 0 Å². The first-order valence-corrected chi connectivity index (χ1v) is 7.00. The van der Waals surface area contributed by atoms with Gasteiger partial charge in [-0.3, -0.25) is 9.69 Å². The summed E-state index contributed by atoms with van der Waals surface area (Å²) >= 11 is 5.89. The number of halogens is 1. The number of benzene rings is 1. The lowest BCUT2D eigenvalue weighted by Crippen LogP contribution is -2.46. The first kappa shape index (κ1) is 14.3. The number of carbonyl (C=O) groups is 1. The van der Waals surface area contributed by atoms with Crippen LogP contribution < -0.4 is 10.6 Å². The smallest absolute Gasteiger partial charge is 0.238 e. The molecule has 1 unspecified atom stereocenters. The molecule has 1 amide bonds. The van der Waals surface area contributed by atoms with E-state index in [9.17, 15) is 4.79 Å². The molecule has 0 radical (unpaired) electrons. The number of anilines is 1. The summed E-state index contributed by atoms with van der Waals surface area (Å²) in [5, 5.41) is 6.78. The SMILES string of the molecule is CNC1CCCN(CC(=O)Nc2cccc(Cl)c2)C1. The van der Waals surface area contributed by atoms with Gasteiger partial charge in [0.2, 0.25) is 5.91 Å². The van der Waals surface area contributed by atoms with Gasteiger partial charge in [0.15, 0.2) is 0 Å². The van der Waals surface area contributed by atoms with Gasteiger partial charge in [-0.1, -0.05) is 17.7 Å². The molecule has 1 heterocycles. The third-order valence-electron chi connectivity index (χ3n) is 3.39. The summed E-state index contributed by atoms with van der Waals surface area (Å²) in [6.07, 6.45) is 2.32. The number of hydrogen-bond acceptors (Lipinski definition) is 3. The molecule has 1 atom stereocenters. The summed E-state index contributed by atoms with van der Waals surface area (Å²) in [4.78, 5) is 14.2. The van der Waals surface area contributed by atoms with E-state index in [2.05, 4.69) is 15.5 Å². The van der Waals surface area contributed by atoms with E-state index in [0.717, 1.165) is 25.2 Å². The molecule has 0 aromatic heterocycles. The van der Waals surface area contributed by atoms with Crippen LogP contribution in [0.1, 0.15) is 12.8 Å². The third-order valence-corrected chi connectivity index (χ3v) is 3.62. The minimum Gasteiger partial charge on any atom is -0.325 e. The van der Waals surface area contributed by atoms with Crippen molar-refractivity contribution in [3.8, 4) is 0 Å². The minimum absolute atomic E-state index is 0.0130. The molecule has 2 N–H and O–H groups in total. The molecule has 0 aliphatic carbocycles. The summed E-state index contributed by atoms with van der Waals surface area (Å²) in [5.74, 6) is 0.0130. The minimum atomic E-state index is 0.0130. The number of amides is 1. The second-order valence-electron chi connectivity index (χ2n) is 4.92. The summed E-state index contributed by atoms with van der Waals surface area (Å²) in [7, 11) is 1.97. The molecule has 1 aromatic rings. The number of piperidine rings is 1. The molecule has 104 valence electrons. The van der Waals surface area contributed by atoms with Gasteiger partial charge in [0.05, 0.1) is 6.54 Å². The first-order valence-electron chi connectivity index (χ1n) is 6.62. The normalized spacial score (nSPS) is 20.2. The van der Waals surface area contributed by atoms with Crippen LogP contribution in [0.3, 0.4) is 0 Å². The van der Waals surface area contributed by atoms with E-state index in [4.69, 9.17) is 11.6 Å². The largest absolute Gasteiger partial charge is 0.325 e. The maximum absolute atomic E-state index is 12.0. The highest BCUT2D eigenvalue weighted by Gasteiger charge is 2.20. The number of likely N-dealkylation sites (N-methyl/N-ethyl adjacent to an activating group) is 1. The predicted octanol–water partition coefficient (Wildman–Crippen LogP) is 1.96. The Hall–Kier alpha value is -1.10. The van der Waals surface area contributed by atoms with Gasteiger partial charge >= 0.3 is 0 Å². The van der Waals surface area contributed by atoms with Gasteiger partial charge in [-0.25, -0.2) is 0 Å². The molecule has 0 bridgehead atoms. The van der Waals surface area contributed by atoms with Crippen LogP contribution in [0, 0.1) is 0 Å². The van der Waals surface area contributed by atoms with Crippen molar-refractivity contribution >= 4 is 23.2 Å². The fourth-order valence-electron chi connectivity index (χ4n) is 2.40. The van der Waals surface area contributed by atoms with Crippen LogP contribution in [0.5, 0.6) is 0 Å². The Kier molecular flexibility index (Phi) is 5.19. The molecule has 0 spiro atoms. The number of hydrogen-bond donors (Lipinski definition) is 2. The van der Waals surface area contributed by atoms with Gasteiger partial charge < -0.3 is 10.6 Å². The average molecular weight is 282 g/mol. The standard InChI is InChI=1S/C14H20ClN3O/c1-16-13-6-3-7-18(9-13)10-14(19)17-12-5-2-4-11(15)8-12/h2,4-5,8,13,16H,3,6-7,9-10H2,1H3,(H,17,19). The Morgan fingerprint density at radius 1 is 1.53 bits per heavy atom.